The van der Waals surface area contributed by atoms with Gasteiger partial charge >= 0.3 is 15.6 Å². The van der Waals surface area contributed by atoms with Gasteiger partial charge in [0.05, 0.1) is 19.5 Å². The van der Waals surface area contributed by atoms with Gasteiger partial charge in [0.2, 0.25) is 5.91 Å². The van der Waals surface area contributed by atoms with Gasteiger partial charge in [0.15, 0.2) is 23.9 Å². The van der Waals surface area contributed by atoms with E-state index < -0.39 is 89.8 Å². The van der Waals surface area contributed by atoms with Crippen LogP contribution < -0.4 is 11.5 Å². The first-order valence-corrected chi connectivity index (χ1v) is 16.7. The molecule has 48 heavy (non-hydrogen) atoms. The first-order valence-electron chi connectivity index (χ1n) is 13.7. The lowest BCUT2D eigenvalue weighted by atomic mass is 10.1. The van der Waals surface area contributed by atoms with E-state index in [1.165, 1.54) is 28.2 Å². The van der Waals surface area contributed by atoms with E-state index in [-0.39, 0.29) is 29.0 Å². The maximum Gasteiger partial charge on any atom is 0.481 e. The molecule has 266 valence electrons. The summed E-state index contributed by atoms with van der Waals surface area (Å²) in [5.74, 6) is -1.49. The fourth-order valence-corrected chi connectivity index (χ4v) is 6.77. The summed E-state index contributed by atoms with van der Waals surface area (Å²) in [7, 11) is -10.7. The summed E-state index contributed by atoms with van der Waals surface area (Å²) in [4.78, 5) is 53.6. The van der Waals surface area contributed by atoms with E-state index in [2.05, 4.69) is 19.3 Å². The molecule has 0 bridgehead atoms. The average Bonchev–Trinajstić information content (AvgIpc) is 3.64. The van der Waals surface area contributed by atoms with E-state index in [1.807, 2.05) is 0 Å². The van der Waals surface area contributed by atoms with Crippen molar-refractivity contribution in [3.05, 3.63) is 36.7 Å². The minimum absolute atomic E-state index is 0.0517. The molecule has 0 spiro atoms. The largest absolute Gasteiger partial charge is 0.481 e. The molecule has 2 fully saturated rings. The molecule has 0 radical (unpaired) electrons. The quantitative estimate of drug-likeness (QED) is 0.107. The lowest BCUT2D eigenvalue weighted by Gasteiger charge is -2.28. The number of imidazole rings is 1. The maximum absolute atomic E-state index is 12.4. The number of fused-ring (bicyclic) bond motifs is 1. The van der Waals surface area contributed by atoms with Crippen molar-refractivity contribution in [1.29, 1.82) is 0 Å². The molecule has 25 heteroatoms. The SMILES string of the molecule is CC(=O)O.NC(=O)C1=CN([C@@H]2O[C@H](COP(=O)(O)OP(=O)(O)OC[C@H]3O[C@@H](n4cnc5c(N)ncnc54)[C@H](O)[C@@H]3O)[C@@H](O)[C@H]2O)C=CC1. The fraction of sp³-hybridized carbons (Fsp3) is 0.522. The molecule has 11 N–H and O–H groups in total. The number of amides is 1. The van der Waals surface area contributed by atoms with Gasteiger partial charge in [-0.3, -0.25) is 23.2 Å². The highest BCUT2D eigenvalue weighted by Crippen LogP contribution is 2.60. The molecule has 23 nitrogen and oxygen atoms in total. The van der Waals surface area contributed by atoms with Crippen LogP contribution in [0.15, 0.2) is 36.7 Å². The zero-order valence-electron chi connectivity index (χ0n) is 24.7. The highest BCUT2D eigenvalue weighted by atomic mass is 31.3. The van der Waals surface area contributed by atoms with E-state index in [4.69, 9.17) is 39.9 Å². The number of nitrogens with two attached hydrogens (primary N) is 2. The Morgan fingerprint density at radius 1 is 0.958 bits per heavy atom. The average molecular weight is 725 g/mol. The van der Waals surface area contributed by atoms with Crippen molar-refractivity contribution in [2.75, 3.05) is 18.9 Å². The Hall–Kier alpha value is -3.41. The van der Waals surface area contributed by atoms with Gasteiger partial charge in [-0.1, -0.05) is 6.08 Å². The number of nitrogen functional groups attached to an aromatic ring is 1. The van der Waals surface area contributed by atoms with Gasteiger partial charge in [0.25, 0.3) is 5.97 Å². The van der Waals surface area contributed by atoms with Crippen molar-refractivity contribution in [2.24, 2.45) is 5.73 Å². The molecular formula is C23H33N7O16P2. The number of rotatable bonds is 11. The smallest absolute Gasteiger partial charge is 0.481 e. The molecule has 3 aliphatic heterocycles. The number of hydrogen-bond acceptors (Lipinski definition) is 18. The maximum atomic E-state index is 12.4. The summed E-state index contributed by atoms with van der Waals surface area (Å²) < 4.78 is 50.8. The fourth-order valence-electron chi connectivity index (χ4n) is 4.68. The molecule has 5 rings (SSSR count). The molecule has 2 saturated heterocycles. The number of allylic oxidation sites excluding steroid dienone is 1. The Bertz CT molecular complexity index is 1650. The van der Waals surface area contributed by atoms with Gasteiger partial charge in [-0.15, -0.1) is 0 Å². The molecule has 3 aliphatic rings. The topological polar surface area (TPSA) is 355 Å². The first-order chi connectivity index (χ1) is 22.4. The van der Waals surface area contributed by atoms with Crippen molar-refractivity contribution in [1.82, 2.24) is 24.4 Å². The number of phosphoric ester groups is 2. The van der Waals surface area contributed by atoms with Crippen molar-refractivity contribution in [3.8, 4) is 0 Å². The van der Waals surface area contributed by atoms with Crippen LogP contribution in [0.3, 0.4) is 0 Å². The standard InChI is InChI=1S/C21H29N7O14P2.C2H4O2/c22-17-12-19(25-7-24-17)28(8-26-12)21-16(32)14(30)11(41-21)6-39-44(36,37)42-43(34,35)38-5-10-13(29)15(31)20(40-10)27-3-1-2-9(4-27)18(23)33;1-2(3)4/h1,3-4,7-8,10-11,13-16,20-21,29-32H,2,5-6H2,(H2,23,33)(H,34,35)(H,36,37)(H2,22,24,25);1H3,(H,3,4)/t10-,11-,13-,14-,15-,16-,20-,21-;/m1./s1. The predicted molar refractivity (Wildman–Crippen MR) is 155 cm³/mol. The first kappa shape index (κ1) is 37.4. The molecule has 0 aromatic carbocycles. The second-order valence-electron chi connectivity index (χ2n) is 10.4. The normalized spacial score (nSPS) is 31.1. The highest BCUT2D eigenvalue weighted by Gasteiger charge is 2.48. The molecule has 5 heterocycles. The number of primary amides is 1. The summed E-state index contributed by atoms with van der Waals surface area (Å²) in [6.07, 6.45) is -4.88. The highest BCUT2D eigenvalue weighted by molar-refractivity contribution is 7.61. The van der Waals surface area contributed by atoms with Gasteiger partial charge in [-0.05, 0) is 6.42 Å². The number of carboxylic acid groups (broad SMARTS) is 1. The van der Waals surface area contributed by atoms with E-state index in [0.717, 1.165) is 13.3 Å². The number of hydrogen-bond donors (Lipinski definition) is 9. The van der Waals surface area contributed by atoms with Crippen LogP contribution in [0, 0.1) is 0 Å². The second kappa shape index (κ2) is 15.0. The Kier molecular flexibility index (Phi) is 11.7. The van der Waals surface area contributed by atoms with Crippen LogP contribution in [0.25, 0.3) is 11.2 Å². The van der Waals surface area contributed by atoms with Crippen LogP contribution in [0.2, 0.25) is 0 Å². The molecule has 0 saturated carbocycles. The summed E-state index contributed by atoms with van der Waals surface area (Å²) in [6.45, 7) is -0.702. The number of anilines is 1. The summed E-state index contributed by atoms with van der Waals surface area (Å²) in [5.41, 5.74) is 11.6. The Balaban J connectivity index is 0.00000123. The Morgan fingerprint density at radius 2 is 1.50 bits per heavy atom. The van der Waals surface area contributed by atoms with Gasteiger partial charge < -0.3 is 61.2 Å². The summed E-state index contributed by atoms with van der Waals surface area (Å²) >= 11 is 0. The molecule has 10 atom stereocenters. The number of carbonyl (C=O) groups is 2. The lowest BCUT2D eigenvalue weighted by molar-refractivity contribution is -0.134. The van der Waals surface area contributed by atoms with Crippen LogP contribution in [-0.2, 0) is 41.6 Å². The zero-order chi connectivity index (χ0) is 35.6. The van der Waals surface area contributed by atoms with Gasteiger partial charge in [0, 0.05) is 24.9 Å². The van der Waals surface area contributed by atoms with E-state index in [0.29, 0.717) is 0 Å². The van der Waals surface area contributed by atoms with Crippen LogP contribution in [-0.4, -0.2) is 128 Å². The molecular weight excluding hydrogens is 692 g/mol. The van der Waals surface area contributed by atoms with E-state index >= 15 is 0 Å². The van der Waals surface area contributed by atoms with Crippen LogP contribution >= 0.6 is 15.6 Å². The molecule has 1 amide bonds. The number of aliphatic carboxylic acids is 1. The minimum atomic E-state index is -5.37. The lowest BCUT2D eigenvalue weighted by Crippen LogP contribution is -2.40. The van der Waals surface area contributed by atoms with Crippen LogP contribution in [0.5, 0.6) is 0 Å². The number of nitrogens with zero attached hydrogens (tertiary/aromatic N) is 5. The third kappa shape index (κ3) is 8.78. The van der Waals surface area contributed by atoms with Gasteiger partial charge in [-0.25, -0.2) is 24.1 Å². The zero-order valence-corrected chi connectivity index (χ0v) is 26.5. The van der Waals surface area contributed by atoms with Crippen LogP contribution in [0.1, 0.15) is 19.6 Å². The number of phosphoric acid groups is 2. The number of aromatic nitrogens is 4. The van der Waals surface area contributed by atoms with E-state index in [1.54, 1.807) is 6.08 Å². The number of carboxylic acids is 1. The third-order valence-corrected chi connectivity index (χ3v) is 9.48. The van der Waals surface area contributed by atoms with Crippen molar-refractivity contribution in [2.45, 2.75) is 62.4 Å². The number of aliphatic hydroxyl groups excluding tert-OH is 4. The Morgan fingerprint density at radius 3 is 2.06 bits per heavy atom. The number of ether oxygens (including phenoxy) is 2. The second-order valence-corrected chi connectivity index (χ2v) is 13.4. The van der Waals surface area contributed by atoms with Crippen molar-refractivity contribution in [3.63, 3.8) is 0 Å². The van der Waals surface area contributed by atoms with Crippen molar-refractivity contribution >= 4 is 44.5 Å². The minimum Gasteiger partial charge on any atom is -0.481 e. The third-order valence-electron chi connectivity index (χ3n) is 6.88. The Labute approximate surface area is 269 Å². The molecule has 2 aromatic heterocycles. The monoisotopic (exact) mass is 725 g/mol. The number of carbonyl (C=O) groups excluding carboxylic acids is 1. The molecule has 2 aromatic rings. The molecule has 2 unspecified atom stereocenters. The summed E-state index contributed by atoms with van der Waals surface area (Å²) in [5, 5.41) is 49.1. The predicted octanol–water partition coefficient (Wildman–Crippen LogP) is -2.60. The van der Waals surface area contributed by atoms with Crippen molar-refractivity contribution < 1.29 is 76.9 Å². The van der Waals surface area contributed by atoms with Gasteiger partial charge in [0.1, 0.15) is 48.5 Å². The summed E-state index contributed by atoms with van der Waals surface area (Å²) in [6, 6.07) is 0. The van der Waals surface area contributed by atoms with Crippen LogP contribution in [0.4, 0.5) is 5.82 Å². The number of aliphatic hydroxyl groups is 4. The van der Waals surface area contributed by atoms with Gasteiger partial charge in [-0.2, -0.15) is 4.31 Å². The van der Waals surface area contributed by atoms with E-state index in [9.17, 15) is 44.1 Å². The molecule has 0 aliphatic carbocycles.